The average Bonchev–Trinajstić information content (AvgIpc) is 0.958. The fourth-order valence-corrected chi connectivity index (χ4v) is 9.81. The van der Waals surface area contributed by atoms with Crippen molar-refractivity contribution < 1.29 is 75.8 Å². The topological polar surface area (TPSA) is 148 Å². The van der Waals surface area contributed by atoms with Gasteiger partial charge in [0, 0.05) is 156 Å². The fourth-order valence-electron chi connectivity index (χ4n) is 9.81. The van der Waals surface area contributed by atoms with Crippen molar-refractivity contribution in [3.05, 3.63) is 146 Å². The van der Waals surface area contributed by atoms with Crippen LogP contribution in [-0.4, -0.2) is 314 Å². The van der Waals surface area contributed by atoms with E-state index in [9.17, 15) is 0 Å². The monoisotopic (exact) mass is 1350 g/mol. The second-order valence-corrected chi connectivity index (χ2v) is 22.1. The Morgan fingerprint density at radius 2 is 0.170 bits per heavy atom. The molecule has 6 aromatic rings. The number of rotatable bonds is 0. The van der Waals surface area contributed by atoms with Crippen molar-refractivity contribution in [3.8, 4) is 66.8 Å². The minimum absolute atomic E-state index is 0. The van der Waals surface area contributed by atoms with E-state index in [0.717, 1.165) is 52.9 Å². The van der Waals surface area contributed by atoms with E-state index in [0.29, 0.717) is 159 Å². The molecular weight excluding hydrogens is 1250 g/mol. The molecular formula is C76H104K2O16. The Balaban J connectivity index is 0.000000232. The Hall–Kier alpha value is -2.05. The van der Waals surface area contributed by atoms with Gasteiger partial charge in [0.15, 0.2) is 0 Å². The number of hydrogen-bond donors (Lipinski definition) is 0. The standard InChI is InChI=1S/C36H24.2C12H24O6.4C4H8O.2K/c1-2-26-4-3-25(1)27-5-7-29(8-6-27)31-13-15-33(16-14-31)35-21-23-36(24-22-35)34-19-17-32(18-20-34)30-11-9-28(26)10-12-30;2*1-2-14-5-6-16-9-10-18-12-11-17-8-7-15-4-3-13-1;4*1-2-4-5-3-1;;/h1-24H;2*1-12H2;4*1-4H2;;. The Morgan fingerprint density at radius 3 is 0.223 bits per heavy atom. The summed E-state index contributed by atoms with van der Waals surface area (Å²) in [6, 6.07) is 53.2. The molecule has 2 radical (unpaired) electrons. The maximum absolute atomic E-state index is 5.33. The van der Waals surface area contributed by atoms with Gasteiger partial charge in [-0.1, -0.05) is 146 Å². The van der Waals surface area contributed by atoms with E-state index in [1.807, 2.05) is 0 Å². The molecule has 6 aliphatic heterocycles. The Morgan fingerprint density at radius 1 is 0.106 bits per heavy atom. The van der Waals surface area contributed by atoms with Crippen LogP contribution in [-0.2, 0) is 75.8 Å². The molecule has 0 saturated carbocycles. The van der Waals surface area contributed by atoms with Crippen molar-refractivity contribution >= 4 is 103 Å². The molecule has 94 heavy (non-hydrogen) atoms. The molecule has 6 saturated heterocycles. The van der Waals surface area contributed by atoms with Crippen LogP contribution in [0.1, 0.15) is 51.4 Å². The Kier molecular flexibility index (Phi) is 49.8. The smallest absolute Gasteiger partial charge is 0.0701 e. The molecule has 16 aliphatic carbocycles. The molecule has 22 aliphatic rings. The summed E-state index contributed by atoms with van der Waals surface area (Å²) in [6.45, 7) is 22.1. The van der Waals surface area contributed by atoms with Crippen LogP contribution in [0.3, 0.4) is 0 Å². The zero-order valence-corrected chi connectivity index (χ0v) is 62.9. The first kappa shape index (κ1) is 82.6. The van der Waals surface area contributed by atoms with E-state index in [2.05, 4.69) is 146 Å². The van der Waals surface area contributed by atoms with Gasteiger partial charge in [-0.05, 0) is 118 Å². The van der Waals surface area contributed by atoms with Gasteiger partial charge in [0.2, 0.25) is 0 Å². The summed E-state index contributed by atoms with van der Waals surface area (Å²) in [6.07, 6.45) is 10.2. The summed E-state index contributed by atoms with van der Waals surface area (Å²) >= 11 is 0. The molecule has 0 spiro atoms. The van der Waals surface area contributed by atoms with E-state index in [-0.39, 0.29) is 103 Å². The molecule has 0 unspecified atom stereocenters. The summed E-state index contributed by atoms with van der Waals surface area (Å²) in [5, 5.41) is 0. The number of ether oxygens (including phenoxy) is 16. The fraction of sp³-hybridized carbons (Fsp3) is 0.526. The maximum Gasteiger partial charge on any atom is 0.0701 e. The molecule has 12 bridgehead atoms. The van der Waals surface area contributed by atoms with Gasteiger partial charge in [0.05, 0.1) is 159 Å². The van der Waals surface area contributed by atoms with Crippen molar-refractivity contribution in [2.45, 2.75) is 51.4 Å². The molecule has 0 amide bonds. The van der Waals surface area contributed by atoms with Crippen LogP contribution in [0.25, 0.3) is 66.8 Å². The minimum Gasteiger partial charge on any atom is -0.381 e. The molecule has 506 valence electrons. The van der Waals surface area contributed by atoms with Gasteiger partial charge in [0.25, 0.3) is 0 Å². The van der Waals surface area contributed by atoms with Crippen LogP contribution in [0.5, 0.6) is 0 Å². The van der Waals surface area contributed by atoms with Crippen LogP contribution in [0.2, 0.25) is 0 Å². The van der Waals surface area contributed by atoms with Gasteiger partial charge in [-0.2, -0.15) is 0 Å². The van der Waals surface area contributed by atoms with Crippen LogP contribution in [0, 0.1) is 0 Å². The van der Waals surface area contributed by atoms with E-state index < -0.39 is 0 Å². The third-order valence-electron chi connectivity index (χ3n) is 15.1. The molecule has 0 aromatic heterocycles. The normalized spacial score (nSPS) is 18.6. The van der Waals surface area contributed by atoms with Crippen LogP contribution >= 0.6 is 0 Å². The zero-order valence-electron chi connectivity index (χ0n) is 56.7. The van der Waals surface area contributed by atoms with Crippen molar-refractivity contribution in [2.75, 3.05) is 211 Å². The van der Waals surface area contributed by atoms with E-state index in [4.69, 9.17) is 75.8 Å². The van der Waals surface area contributed by atoms with Gasteiger partial charge in [0.1, 0.15) is 0 Å². The van der Waals surface area contributed by atoms with Gasteiger partial charge in [-0.15, -0.1) is 0 Å². The van der Waals surface area contributed by atoms with Gasteiger partial charge < -0.3 is 75.8 Å². The SMILES string of the molecule is C1CCOC1.C1CCOC1.C1CCOC1.C1CCOC1.C1COCCOCCOCCOCCOCCO1.C1COCCOCCOCCOCCOCCO1.[K].[K].c1cc2ccc1-c1ccc(cc1)-c1ccc(cc1)-c1ccc(cc1)-c1ccc(cc1)-c1ccc-2cc1. The minimum atomic E-state index is 0. The van der Waals surface area contributed by atoms with E-state index >= 15 is 0 Å². The molecule has 28 rings (SSSR count). The predicted molar refractivity (Wildman–Crippen MR) is 374 cm³/mol. The van der Waals surface area contributed by atoms with Crippen molar-refractivity contribution in [3.63, 3.8) is 0 Å². The van der Waals surface area contributed by atoms with Crippen molar-refractivity contribution in [1.29, 1.82) is 0 Å². The maximum atomic E-state index is 5.33. The molecule has 6 fully saturated rings. The quantitative estimate of drug-likeness (QED) is 0.133. The van der Waals surface area contributed by atoms with E-state index in [1.165, 1.54) is 118 Å². The summed E-state index contributed by atoms with van der Waals surface area (Å²) in [5.74, 6) is 0. The molecule has 6 aromatic carbocycles. The first-order chi connectivity index (χ1) is 45.8. The van der Waals surface area contributed by atoms with Gasteiger partial charge in [-0.3, -0.25) is 0 Å². The first-order valence-corrected chi connectivity index (χ1v) is 33.7. The molecule has 0 atom stereocenters. The Bertz CT molecular complexity index is 1950. The average molecular weight is 1350 g/mol. The van der Waals surface area contributed by atoms with Gasteiger partial charge >= 0.3 is 0 Å². The van der Waals surface area contributed by atoms with Crippen LogP contribution in [0.15, 0.2) is 146 Å². The first-order valence-electron chi connectivity index (χ1n) is 33.7. The largest absolute Gasteiger partial charge is 0.381 e. The number of hydrogen-bond acceptors (Lipinski definition) is 16. The van der Waals surface area contributed by atoms with E-state index in [1.54, 1.807) is 0 Å². The van der Waals surface area contributed by atoms with Crippen molar-refractivity contribution in [1.82, 2.24) is 0 Å². The third-order valence-corrected chi connectivity index (χ3v) is 15.1. The molecule has 16 nitrogen and oxygen atoms in total. The second kappa shape index (κ2) is 56.7. The summed E-state index contributed by atoms with van der Waals surface area (Å²) in [7, 11) is 0. The summed E-state index contributed by atoms with van der Waals surface area (Å²) in [5.41, 5.74) is 14.8. The third kappa shape index (κ3) is 37.4. The summed E-state index contributed by atoms with van der Waals surface area (Å²) in [4.78, 5) is 0. The summed E-state index contributed by atoms with van der Waals surface area (Å²) < 4.78 is 83.7. The molecule has 0 N–H and O–H groups in total. The molecule has 6 heterocycles. The predicted octanol–water partition coefficient (Wildman–Crippen LogP) is 12.6. The van der Waals surface area contributed by atoms with Gasteiger partial charge in [-0.25, -0.2) is 0 Å². The second-order valence-electron chi connectivity index (χ2n) is 22.1. The van der Waals surface area contributed by atoms with Crippen molar-refractivity contribution in [2.24, 2.45) is 0 Å². The molecule has 18 heteroatoms. The number of benzene rings is 6. The van der Waals surface area contributed by atoms with Crippen LogP contribution in [0.4, 0.5) is 0 Å². The Labute approximate surface area is 646 Å². The zero-order chi connectivity index (χ0) is 63.5. The van der Waals surface area contributed by atoms with Crippen LogP contribution < -0.4 is 0 Å².